The Hall–Kier alpha value is -1.38. The molecule has 0 bridgehead atoms. The lowest BCUT2D eigenvalue weighted by atomic mass is 9.44. The number of fused-ring (bicyclic) bond motifs is 5. The Bertz CT molecular complexity index is 963. The summed E-state index contributed by atoms with van der Waals surface area (Å²) in [5, 5.41) is 22.0. The molecule has 2 unspecified atom stereocenters. The van der Waals surface area contributed by atoms with E-state index >= 15 is 4.39 Å². The number of carbonyl (C=O) groups excluding carboxylic acids is 3. The molecule has 6 nitrogen and oxygen atoms in total. The second-order valence-corrected chi connectivity index (χ2v) is 11.8. The number of esters is 1. The van der Waals surface area contributed by atoms with Crippen LogP contribution < -0.4 is 0 Å². The van der Waals surface area contributed by atoms with E-state index in [-0.39, 0.29) is 24.5 Å². The van der Waals surface area contributed by atoms with Crippen molar-refractivity contribution in [2.24, 2.45) is 28.6 Å². The topological polar surface area (TPSA) is 101 Å². The van der Waals surface area contributed by atoms with Crippen LogP contribution in [0.4, 0.5) is 4.39 Å². The largest absolute Gasteiger partial charge is 0.450 e. The number of ketones is 2. The molecule has 4 aliphatic carbocycles. The first-order valence-electron chi connectivity index (χ1n) is 12.2. The highest BCUT2D eigenvalue weighted by molar-refractivity contribution is 9.09. The van der Waals surface area contributed by atoms with Crippen molar-refractivity contribution in [1.29, 1.82) is 0 Å². The Morgan fingerprint density at radius 2 is 2.00 bits per heavy atom. The Balaban J connectivity index is 1.80. The van der Waals surface area contributed by atoms with Crippen LogP contribution >= 0.6 is 15.9 Å². The molecule has 8 heteroatoms. The second-order valence-electron chi connectivity index (χ2n) is 11.0. The Morgan fingerprint density at radius 3 is 2.65 bits per heavy atom. The van der Waals surface area contributed by atoms with Crippen LogP contribution in [-0.4, -0.2) is 57.1 Å². The fourth-order valence-electron chi connectivity index (χ4n) is 7.96. The number of hydrogen-bond donors (Lipinski definition) is 2. The maximum Gasteiger partial charge on any atom is 0.306 e. The number of rotatable bonds is 6. The van der Waals surface area contributed by atoms with Crippen molar-refractivity contribution in [3.05, 3.63) is 23.8 Å². The molecule has 4 rings (SSSR count). The Labute approximate surface area is 208 Å². The zero-order chi connectivity index (χ0) is 25.1. The number of alkyl halides is 2. The summed E-state index contributed by atoms with van der Waals surface area (Å²) in [6, 6.07) is 0. The van der Waals surface area contributed by atoms with Gasteiger partial charge in [0.1, 0.15) is 6.61 Å². The molecule has 0 amide bonds. The molecule has 0 aromatic heterocycles. The third-order valence-electron chi connectivity index (χ3n) is 9.53. The van der Waals surface area contributed by atoms with E-state index in [2.05, 4.69) is 15.9 Å². The van der Waals surface area contributed by atoms with Gasteiger partial charge in [0.25, 0.3) is 0 Å². The standard InChI is InChI=1S/C26H34BrFO6/c1-15-11-19-18-7-6-16-12-17(30)8-9-23(16,2)25(18,28)20(31)13-24(19,3)26(15,21(32)14-29)34-22(33)5-4-10-27/h8-9,12,15,18-20,29,31H,4-7,10-11,13-14H2,1-3H3/t15-,18?,19?,20-,23-,24-,25-,26-/m0/s1. The van der Waals surface area contributed by atoms with E-state index in [4.69, 9.17) is 4.74 Å². The Morgan fingerprint density at radius 1 is 1.29 bits per heavy atom. The lowest BCUT2D eigenvalue weighted by molar-refractivity contribution is -0.228. The van der Waals surface area contributed by atoms with Crippen molar-refractivity contribution < 1.29 is 33.7 Å². The van der Waals surface area contributed by atoms with E-state index in [0.717, 1.165) is 0 Å². The van der Waals surface area contributed by atoms with Crippen LogP contribution in [0.25, 0.3) is 0 Å². The van der Waals surface area contributed by atoms with Gasteiger partial charge in [0, 0.05) is 34.4 Å². The summed E-state index contributed by atoms with van der Waals surface area (Å²) in [5.41, 5.74) is -5.15. The van der Waals surface area contributed by atoms with Crippen LogP contribution in [0.2, 0.25) is 0 Å². The van der Waals surface area contributed by atoms with Gasteiger partial charge in [-0.3, -0.25) is 14.4 Å². The maximum atomic E-state index is 17.3. The van der Waals surface area contributed by atoms with Crippen molar-refractivity contribution in [3.63, 3.8) is 0 Å². The van der Waals surface area contributed by atoms with Gasteiger partial charge in [0.15, 0.2) is 17.1 Å². The number of aliphatic hydroxyl groups excluding tert-OH is 2. The summed E-state index contributed by atoms with van der Waals surface area (Å²) >= 11 is 3.29. The van der Waals surface area contributed by atoms with Gasteiger partial charge >= 0.3 is 5.97 Å². The highest BCUT2D eigenvalue weighted by Gasteiger charge is 2.77. The second kappa shape index (κ2) is 8.63. The molecule has 188 valence electrons. The fraction of sp³-hybridized carbons (Fsp3) is 0.731. The summed E-state index contributed by atoms with van der Waals surface area (Å²) < 4.78 is 23.2. The van der Waals surface area contributed by atoms with Gasteiger partial charge in [0.2, 0.25) is 5.78 Å². The third-order valence-corrected chi connectivity index (χ3v) is 10.1. The fourth-order valence-corrected chi connectivity index (χ4v) is 8.24. The van der Waals surface area contributed by atoms with Crippen molar-refractivity contribution in [2.75, 3.05) is 11.9 Å². The van der Waals surface area contributed by atoms with Gasteiger partial charge in [-0.05, 0) is 57.1 Å². The molecule has 0 aromatic carbocycles. The van der Waals surface area contributed by atoms with E-state index in [1.165, 1.54) is 12.2 Å². The molecule has 0 radical (unpaired) electrons. The van der Waals surface area contributed by atoms with Gasteiger partial charge < -0.3 is 14.9 Å². The highest BCUT2D eigenvalue weighted by Crippen LogP contribution is 2.71. The van der Waals surface area contributed by atoms with Crippen molar-refractivity contribution in [1.82, 2.24) is 0 Å². The molecule has 4 aliphatic rings. The summed E-state index contributed by atoms with van der Waals surface area (Å²) in [6.07, 6.45) is 4.95. The highest BCUT2D eigenvalue weighted by atomic mass is 79.9. The van der Waals surface area contributed by atoms with E-state index in [1.807, 2.05) is 13.8 Å². The van der Waals surface area contributed by atoms with Crippen molar-refractivity contribution in [2.45, 2.75) is 76.7 Å². The summed E-state index contributed by atoms with van der Waals surface area (Å²) in [5.74, 6) is -2.70. The monoisotopic (exact) mass is 540 g/mol. The summed E-state index contributed by atoms with van der Waals surface area (Å²) in [4.78, 5) is 38.1. The molecular weight excluding hydrogens is 507 g/mol. The number of halogens is 2. The molecule has 3 fully saturated rings. The number of ether oxygens (including phenoxy) is 1. The quantitative estimate of drug-likeness (QED) is 0.394. The average Bonchev–Trinajstić information content (AvgIpc) is 3.00. The normalized spacial score (nSPS) is 45.1. The molecule has 34 heavy (non-hydrogen) atoms. The number of hydrogen-bond acceptors (Lipinski definition) is 6. The zero-order valence-electron chi connectivity index (χ0n) is 20.0. The molecule has 0 spiro atoms. The third kappa shape index (κ3) is 3.20. The first kappa shape index (κ1) is 25.7. The number of aliphatic hydroxyl groups is 2. The van der Waals surface area contributed by atoms with Gasteiger partial charge in [-0.25, -0.2) is 4.39 Å². The van der Waals surface area contributed by atoms with Crippen LogP contribution in [0, 0.1) is 28.6 Å². The zero-order valence-corrected chi connectivity index (χ0v) is 21.6. The number of allylic oxidation sites excluding steroid dienone is 4. The molecule has 8 atom stereocenters. The number of carbonyl (C=O) groups is 3. The maximum absolute atomic E-state index is 17.3. The first-order chi connectivity index (χ1) is 15.9. The molecule has 0 heterocycles. The number of Topliss-reactive ketones (excluding diaryl/α,β-unsaturated/α-hetero) is 1. The molecule has 3 saturated carbocycles. The molecule has 0 aliphatic heterocycles. The van der Waals surface area contributed by atoms with E-state index in [9.17, 15) is 24.6 Å². The predicted octanol–water partition coefficient (Wildman–Crippen LogP) is 3.62. The van der Waals surface area contributed by atoms with Gasteiger partial charge in [0.05, 0.1) is 6.10 Å². The van der Waals surface area contributed by atoms with Crippen LogP contribution in [0.5, 0.6) is 0 Å². The van der Waals surface area contributed by atoms with Crippen molar-refractivity contribution in [3.8, 4) is 0 Å². The van der Waals surface area contributed by atoms with Crippen LogP contribution in [0.1, 0.15) is 59.3 Å². The lowest BCUT2D eigenvalue weighted by Crippen LogP contribution is -2.70. The van der Waals surface area contributed by atoms with Crippen LogP contribution in [0.15, 0.2) is 23.8 Å². The minimum absolute atomic E-state index is 0.0862. The smallest absolute Gasteiger partial charge is 0.306 e. The average molecular weight is 541 g/mol. The van der Waals surface area contributed by atoms with Crippen LogP contribution in [-0.2, 0) is 19.1 Å². The Kier molecular flexibility index (Phi) is 6.52. The molecule has 2 N–H and O–H groups in total. The SMILES string of the molecule is C[C@H]1CC2C3CCC4=CC(=O)C=C[C@]4(C)[C@@]3(F)[C@@H](O)C[C@]2(C)[C@@]1(OC(=O)CCCBr)C(=O)CO. The van der Waals surface area contributed by atoms with Gasteiger partial charge in [-0.2, -0.15) is 0 Å². The minimum Gasteiger partial charge on any atom is -0.450 e. The summed E-state index contributed by atoms with van der Waals surface area (Å²) in [6.45, 7) is 4.57. The first-order valence-corrected chi connectivity index (χ1v) is 13.3. The lowest BCUT2D eigenvalue weighted by Gasteiger charge is -2.62. The van der Waals surface area contributed by atoms with E-state index in [1.54, 1.807) is 13.0 Å². The molecular formula is C26H34BrFO6. The van der Waals surface area contributed by atoms with Gasteiger partial charge in [-0.1, -0.05) is 41.4 Å². The minimum atomic E-state index is -2.03. The molecule has 0 aromatic rings. The van der Waals surface area contributed by atoms with Crippen molar-refractivity contribution >= 4 is 33.5 Å². The van der Waals surface area contributed by atoms with Gasteiger partial charge in [-0.15, -0.1) is 0 Å². The predicted molar refractivity (Wildman–Crippen MR) is 127 cm³/mol. The summed E-state index contributed by atoms with van der Waals surface area (Å²) in [7, 11) is 0. The van der Waals surface area contributed by atoms with E-state index in [0.29, 0.717) is 36.6 Å². The van der Waals surface area contributed by atoms with Crippen LogP contribution in [0.3, 0.4) is 0 Å². The molecule has 0 saturated heterocycles. The van der Waals surface area contributed by atoms with E-state index < -0.39 is 58.4 Å².